The molecule has 2 fully saturated rings. The molecule has 0 spiro atoms. The van der Waals surface area contributed by atoms with Gasteiger partial charge in [-0.3, -0.25) is 14.8 Å². The predicted octanol–water partition coefficient (Wildman–Crippen LogP) is 7.07. The van der Waals surface area contributed by atoms with Crippen LogP contribution in [0.25, 0.3) is 11.0 Å². The molecule has 0 bridgehead atoms. The van der Waals surface area contributed by atoms with Gasteiger partial charge in [0.25, 0.3) is 0 Å². The third-order valence-electron chi connectivity index (χ3n) is 8.16. The quantitative estimate of drug-likeness (QED) is 0.310. The number of imidazole rings is 1. The average molecular weight is 620 g/mol. The number of aromatic amines is 1. The Kier molecular flexibility index (Phi) is 8.29. The second-order valence-corrected chi connectivity index (χ2v) is 14.1. The Morgan fingerprint density at radius 1 is 0.826 bits per heavy atom. The van der Waals surface area contributed by atoms with Gasteiger partial charge in [0.05, 0.1) is 28.8 Å². The van der Waals surface area contributed by atoms with Gasteiger partial charge in [0.2, 0.25) is 0 Å². The Morgan fingerprint density at radius 2 is 1.41 bits per heavy atom. The summed E-state index contributed by atoms with van der Waals surface area (Å²) in [5, 5.41) is 0. The van der Waals surface area contributed by atoms with E-state index in [2.05, 4.69) is 34.7 Å². The number of hydrogen-bond acceptors (Lipinski definition) is 6. The lowest BCUT2D eigenvalue weighted by Crippen LogP contribution is -2.43. The van der Waals surface area contributed by atoms with Crippen molar-refractivity contribution in [2.24, 2.45) is 4.99 Å². The number of hydrogen-bond donors (Lipinski definition) is 1. The van der Waals surface area contributed by atoms with Crippen LogP contribution in [-0.4, -0.2) is 68.0 Å². The van der Waals surface area contributed by atoms with E-state index in [0.29, 0.717) is 13.1 Å². The number of fused-ring (bicyclic) bond motifs is 2. The SMILES string of the molecule is CC(C)(C)OC(=O)N1CCC[C@H]1C1=Nc2cc(C#CC#Cc3ccc4nc([C@@H]5CCCN5C(=O)OC(C)(C)C)[nH]c4c3)ccc2C1. The summed E-state index contributed by atoms with van der Waals surface area (Å²) in [4.78, 5) is 42.2. The largest absolute Gasteiger partial charge is 0.444 e. The molecule has 2 aromatic carbocycles. The standard InChI is InChI=1S/C37H41N5O4/c1-36(2,3)45-34(43)41-19-9-13-31(41)30-23-26-17-15-24(21-28(26)38-30)11-7-8-12-25-16-18-27-29(22-25)40-33(39-27)32-14-10-20-42(32)35(44)46-37(4,5)6/h15-18,21-22,31-32H,9-10,13-14,19-20,23H2,1-6H3,(H,39,40)/t31-,32-/m0/s1. The molecule has 3 aliphatic rings. The minimum Gasteiger partial charge on any atom is -0.444 e. The molecule has 9 nitrogen and oxygen atoms in total. The molecule has 46 heavy (non-hydrogen) atoms. The van der Waals surface area contributed by atoms with Gasteiger partial charge in [-0.15, -0.1) is 0 Å². The van der Waals surface area contributed by atoms with E-state index in [1.54, 1.807) is 4.90 Å². The minimum atomic E-state index is -0.547. The Hall–Kier alpha value is -4.76. The van der Waals surface area contributed by atoms with E-state index in [0.717, 1.165) is 77.1 Å². The zero-order valence-electron chi connectivity index (χ0n) is 27.5. The van der Waals surface area contributed by atoms with Crippen molar-refractivity contribution >= 4 is 34.6 Å². The van der Waals surface area contributed by atoms with Crippen LogP contribution in [0.4, 0.5) is 15.3 Å². The first-order valence-electron chi connectivity index (χ1n) is 16.0. The highest BCUT2D eigenvalue weighted by atomic mass is 16.6. The molecule has 0 aliphatic carbocycles. The number of amides is 2. The van der Waals surface area contributed by atoms with Crippen LogP contribution in [0.3, 0.4) is 0 Å². The van der Waals surface area contributed by atoms with Crippen LogP contribution < -0.4 is 0 Å². The van der Waals surface area contributed by atoms with Crippen molar-refractivity contribution in [3.05, 3.63) is 58.9 Å². The summed E-state index contributed by atoms with van der Waals surface area (Å²) in [5.74, 6) is 13.0. The summed E-state index contributed by atoms with van der Waals surface area (Å²) in [7, 11) is 0. The lowest BCUT2D eigenvalue weighted by atomic mass is 10.0. The van der Waals surface area contributed by atoms with E-state index in [4.69, 9.17) is 19.5 Å². The van der Waals surface area contributed by atoms with Crippen LogP contribution in [0.15, 0.2) is 41.4 Å². The summed E-state index contributed by atoms with van der Waals surface area (Å²) in [6, 6.07) is 11.7. The van der Waals surface area contributed by atoms with Crippen molar-refractivity contribution in [2.45, 2.75) is 96.9 Å². The molecule has 1 N–H and O–H groups in total. The number of aromatic nitrogens is 2. The van der Waals surface area contributed by atoms with Crippen molar-refractivity contribution < 1.29 is 19.1 Å². The molecule has 3 aliphatic heterocycles. The van der Waals surface area contributed by atoms with Crippen LogP contribution in [-0.2, 0) is 15.9 Å². The first-order chi connectivity index (χ1) is 21.8. The maximum Gasteiger partial charge on any atom is 0.410 e. The topological polar surface area (TPSA) is 100 Å². The molecule has 9 heteroatoms. The van der Waals surface area contributed by atoms with E-state index < -0.39 is 11.2 Å². The molecule has 2 saturated heterocycles. The van der Waals surface area contributed by atoms with Crippen molar-refractivity contribution in [1.82, 2.24) is 19.8 Å². The maximum atomic E-state index is 12.8. The Balaban J connectivity index is 1.12. The van der Waals surface area contributed by atoms with Gasteiger partial charge in [-0.2, -0.15) is 0 Å². The average Bonchev–Trinajstić information content (AvgIpc) is 3.77. The van der Waals surface area contributed by atoms with Crippen molar-refractivity contribution in [1.29, 1.82) is 0 Å². The smallest absolute Gasteiger partial charge is 0.410 e. The Bertz CT molecular complexity index is 1840. The number of likely N-dealkylation sites (tertiary alicyclic amines) is 2. The van der Waals surface area contributed by atoms with E-state index >= 15 is 0 Å². The molecular weight excluding hydrogens is 578 g/mol. The van der Waals surface area contributed by atoms with E-state index in [-0.39, 0.29) is 24.3 Å². The maximum absolute atomic E-state index is 12.8. The fourth-order valence-electron chi connectivity index (χ4n) is 6.19. The summed E-state index contributed by atoms with van der Waals surface area (Å²) in [6.45, 7) is 12.6. The van der Waals surface area contributed by atoms with Crippen molar-refractivity contribution in [2.75, 3.05) is 13.1 Å². The molecule has 1 aromatic heterocycles. The van der Waals surface area contributed by atoms with Gasteiger partial charge in [0, 0.05) is 36.3 Å². The number of nitrogens with one attached hydrogen (secondary N) is 1. The van der Waals surface area contributed by atoms with Gasteiger partial charge in [0.1, 0.15) is 17.0 Å². The molecule has 4 heterocycles. The highest BCUT2D eigenvalue weighted by Crippen LogP contribution is 2.34. The zero-order chi connectivity index (χ0) is 32.6. The molecule has 3 aromatic rings. The number of benzene rings is 2. The van der Waals surface area contributed by atoms with E-state index in [1.165, 1.54) is 0 Å². The molecule has 0 saturated carbocycles. The third kappa shape index (κ3) is 7.05. The number of H-pyrrole nitrogens is 1. The van der Waals surface area contributed by atoms with Crippen molar-refractivity contribution in [3.63, 3.8) is 0 Å². The number of aliphatic imine (C=N–C) groups is 1. The Morgan fingerprint density at radius 3 is 2.07 bits per heavy atom. The van der Waals surface area contributed by atoms with Crippen LogP contribution in [0.5, 0.6) is 0 Å². The summed E-state index contributed by atoms with van der Waals surface area (Å²) in [6.07, 6.45) is 3.72. The monoisotopic (exact) mass is 619 g/mol. The number of carbonyl (C=O) groups excluding carboxylic acids is 2. The molecule has 2 atom stereocenters. The van der Waals surface area contributed by atoms with E-state index in [9.17, 15) is 9.59 Å². The van der Waals surface area contributed by atoms with Crippen LogP contribution >= 0.6 is 0 Å². The van der Waals surface area contributed by atoms with Crippen LogP contribution in [0.2, 0.25) is 0 Å². The molecular formula is C37H41N5O4. The fourth-order valence-corrected chi connectivity index (χ4v) is 6.19. The van der Waals surface area contributed by atoms with E-state index in [1.807, 2.05) is 76.8 Å². The van der Waals surface area contributed by atoms with Gasteiger partial charge < -0.3 is 14.5 Å². The first kappa shape index (κ1) is 31.2. The number of nitrogens with zero attached hydrogens (tertiary/aromatic N) is 4. The number of ether oxygens (including phenoxy) is 2. The highest BCUT2D eigenvalue weighted by molar-refractivity contribution is 5.99. The predicted molar refractivity (Wildman–Crippen MR) is 178 cm³/mol. The normalized spacial score (nSPS) is 19.2. The summed E-state index contributed by atoms with van der Waals surface area (Å²) >= 11 is 0. The number of rotatable bonds is 2. The summed E-state index contributed by atoms with van der Waals surface area (Å²) < 4.78 is 11.3. The van der Waals surface area contributed by atoms with Gasteiger partial charge in [-0.1, -0.05) is 17.9 Å². The first-order valence-corrected chi connectivity index (χ1v) is 16.0. The minimum absolute atomic E-state index is 0.0342. The molecule has 6 rings (SSSR count). The van der Waals surface area contributed by atoms with Crippen LogP contribution in [0, 0.1) is 23.7 Å². The van der Waals surface area contributed by atoms with Crippen LogP contribution in [0.1, 0.15) is 95.8 Å². The fraction of sp³-hybridized carbons (Fsp3) is 0.459. The van der Waals surface area contributed by atoms with Gasteiger partial charge >= 0.3 is 12.2 Å². The zero-order valence-corrected chi connectivity index (χ0v) is 27.5. The second-order valence-electron chi connectivity index (χ2n) is 14.1. The van der Waals surface area contributed by atoms with Gasteiger partial charge in [-0.25, -0.2) is 14.6 Å². The molecule has 0 radical (unpaired) electrons. The number of carbonyl (C=O) groups is 2. The molecule has 2 amide bonds. The van der Waals surface area contributed by atoms with Gasteiger partial charge in [-0.05, 0) is 115 Å². The molecule has 238 valence electrons. The second kappa shape index (κ2) is 12.2. The van der Waals surface area contributed by atoms with Gasteiger partial charge in [0.15, 0.2) is 0 Å². The highest BCUT2D eigenvalue weighted by Gasteiger charge is 2.37. The summed E-state index contributed by atoms with van der Waals surface area (Å²) in [5.41, 5.74) is 5.33. The lowest BCUT2D eigenvalue weighted by molar-refractivity contribution is 0.0216. The third-order valence-corrected chi connectivity index (χ3v) is 8.16. The molecule has 0 unspecified atom stereocenters. The Labute approximate surface area is 270 Å². The lowest BCUT2D eigenvalue weighted by Gasteiger charge is -2.28. The van der Waals surface area contributed by atoms with Crippen molar-refractivity contribution in [3.8, 4) is 23.7 Å².